The van der Waals surface area contributed by atoms with Gasteiger partial charge in [0.1, 0.15) is 5.82 Å². The van der Waals surface area contributed by atoms with Gasteiger partial charge in [0.15, 0.2) is 0 Å². The predicted octanol–water partition coefficient (Wildman–Crippen LogP) is 4.86. The van der Waals surface area contributed by atoms with Gasteiger partial charge in [-0.25, -0.2) is 4.39 Å². The number of rotatable bonds is 1. The smallest absolute Gasteiger partial charge is 0.123 e. The molecule has 0 spiro atoms. The molecule has 0 unspecified atom stereocenters. The summed E-state index contributed by atoms with van der Waals surface area (Å²) in [7, 11) is 0. The van der Waals surface area contributed by atoms with Crippen molar-refractivity contribution in [1.29, 1.82) is 0 Å². The van der Waals surface area contributed by atoms with Crippen LogP contribution in [0.5, 0.6) is 0 Å². The first kappa shape index (κ1) is 17.4. The number of nitroso groups, excluding NO2 is 1. The third kappa shape index (κ3) is 4.76. The van der Waals surface area contributed by atoms with E-state index in [-0.39, 0.29) is 5.82 Å². The van der Waals surface area contributed by atoms with Crippen molar-refractivity contribution in [3.63, 3.8) is 0 Å². The molecule has 0 aromatic heterocycles. The first-order chi connectivity index (χ1) is 11.0. The van der Waals surface area contributed by atoms with Gasteiger partial charge < -0.3 is 0 Å². The molecule has 3 rings (SSSR count). The van der Waals surface area contributed by atoms with Gasteiger partial charge in [-0.15, -0.1) is 4.91 Å². The fraction of sp³-hybridized carbons (Fsp3) is 0.333. The molecule has 1 aliphatic rings. The first-order valence-corrected chi connectivity index (χ1v) is 7.96. The van der Waals surface area contributed by atoms with Gasteiger partial charge in [-0.2, -0.15) is 0 Å². The van der Waals surface area contributed by atoms with E-state index in [1.165, 1.54) is 23.3 Å². The van der Waals surface area contributed by atoms with Crippen LogP contribution < -0.4 is 0 Å². The number of aryl methyl sites for hydroxylation is 1. The minimum atomic E-state index is -0.162. The Morgan fingerprint density at radius 2 is 1.87 bits per heavy atom. The average molecular weight is 335 g/mol. The summed E-state index contributed by atoms with van der Waals surface area (Å²) in [4.78, 5) is 10.5. The van der Waals surface area contributed by atoms with E-state index in [0.717, 1.165) is 29.0 Å². The second-order valence-electron chi connectivity index (χ2n) is 5.64. The molecule has 0 atom stereocenters. The minimum absolute atomic E-state index is 0.162. The van der Waals surface area contributed by atoms with Gasteiger partial charge in [-0.1, -0.05) is 29.8 Å². The molecule has 0 bridgehead atoms. The topological polar surface area (TPSA) is 32.7 Å². The van der Waals surface area contributed by atoms with E-state index in [4.69, 9.17) is 11.6 Å². The number of halogens is 2. The largest absolute Gasteiger partial charge is 0.260 e. The SMILES string of the molecule is Cc1c(Cl)ccc2c1CCN(N=O)CC2.Cc1cccc(F)c1. The maximum absolute atomic E-state index is 12.2. The first-order valence-electron chi connectivity index (χ1n) is 7.58. The van der Waals surface area contributed by atoms with Gasteiger partial charge >= 0.3 is 0 Å². The van der Waals surface area contributed by atoms with Crippen LogP contribution in [0.15, 0.2) is 41.7 Å². The maximum Gasteiger partial charge on any atom is 0.123 e. The second-order valence-corrected chi connectivity index (χ2v) is 6.05. The van der Waals surface area contributed by atoms with Crippen molar-refractivity contribution in [1.82, 2.24) is 5.01 Å². The molecule has 0 saturated heterocycles. The highest BCUT2D eigenvalue weighted by molar-refractivity contribution is 6.31. The van der Waals surface area contributed by atoms with E-state index in [1.54, 1.807) is 11.1 Å². The highest BCUT2D eigenvalue weighted by atomic mass is 35.5. The summed E-state index contributed by atoms with van der Waals surface area (Å²) in [6.07, 6.45) is 1.73. The quantitative estimate of drug-likeness (QED) is 0.697. The zero-order valence-corrected chi connectivity index (χ0v) is 14.1. The second kappa shape index (κ2) is 8.06. The lowest BCUT2D eigenvalue weighted by molar-refractivity contribution is 0.299. The normalized spacial score (nSPS) is 13.5. The highest BCUT2D eigenvalue weighted by Gasteiger charge is 2.15. The van der Waals surface area contributed by atoms with Gasteiger partial charge in [0.05, 0.1) is 5.29 Å². The van der Waals surface area contributed by atoms with E-state index in [1.807, 2.05) is 26.0 Å². The fourth-order valence-electron chi connectivity index (χ4n) is 2.66. The summed E-state index contributed by atoms with van der Waals surface area (Å²) >= 11 is 6.07. The Kier molecular flexibility index (Phi) is 6.11. The molecule has 0 fully saturated rings. The van der Waals surface area contributed by atoms with Crippen molar-refractivity contribution in [2.24, 2.45) is 5.29 Å². The van der Waals surface area contributed by atoms with Crippen LogP contribution in [0.1, 0.15) is 22.3 Å². The van der Waals surface area contributed by atoms with Crippen LogP contribution in [0, 0.1) is 24.6 Å². The van der Waals surface area contributed by atoms with E-state index < -0.39 is 0 Å². The van der Waals surface area contributed by atoms with E-state index in [9.17, 15) is 9.30 Å². The number of hydrogen-bond acceptors (Lipinski definition) is 2. The van der Waals surface area contributed by atoms with Crippen molar-refractivity contribution in [2.45, 2.75) is 26.7 Å². The third-order valence-corrected chi connectivity index (χ3v) is 4.39. The van der Waals surface area contributed by atoms with Crippen LogP contribution in [0.25, 0.3) is 0 Å². The third-order valence-electron chi connectivity index (χ3n) is 3.98. The van der Waals surface area contributed by atoms with Crippen molar-refractivity contribution < 1.29 is 4.39 Å². The monoisotopic (exact) mass is 334 g/mol. The van der Waals surface area contributed by atoms with Gasteiger partial charge in [0.2, 0.25) is 0 Å². The Hall–Kier alpha value is -1.94. The van der Waals surface area contributed by atoms with E-state index in [2.05, 4.69) is 11.4 Å². The van der Waals surface area contributed by atoms with Crippen LogP contribution in [0.2, 0.25) is 5.02 Å². The molecular weight excluding hydrogens is 315 g/mol. The molecule has 0 saturated carbocycles. The number of nitrogens with zero attached hydrogens (tertiary/aromatic N) is 2. The number of hydrogen-bond donors (Lipinski definition) is 0. The molecule has 1 aliphatic heterocycles. The summed E-state index contributed by atoms with van der Waals surface area (Å²) in [6.45, 7) is 5.30. The van der Waals surface area contributed by atoms with Crippen molar-refractivity contribution in [3.05, 3.63) is 74.4 Å². The molecule has 0 aliphatic carbocycles. The maximum atomic E-state index is 12.2. The van der Waals surface area contributed by atoms with E-state index >= 15 is 0 Å². The Bertz CT molecular complexity index is 673. The lowest BCUT2D eigenvalue weighted by atomic mass is 9.98. The molecule has 2 aromatic rings. The molecule has 1 heterocycles. The molecule has 3 nitrogen and oxygen atoms in total. The molecule has 2 aromatic carbocycles. The molecule has 23 heavy (non-hydrogen) atoms. The summed E-state index contributed by atoms with van der Waals surface area (Å²) < 4.78 is 12.2. The Balaban J connectivity index is 0.000000203. The van der Waals surface area contributed by atoms with Gasteiger partial charge in [-0.3, -0.25) is 5.01 Å². The Labute approximate surface area is 141 Å². The fourth-order valence-corrected chi connectivity index (χ4v) is 2.83. The average Bonchev–Trinajstić information content (AvgIpc) is 2.74. The van der Waals surface area contributed by atoms with Crippen LogP contribution in [-0.4, -0.2) is 18.1 Å². The summed E-state index contributed by atoms with van der Waals surface area (Å²) in [5, 5.41) is 5.38. The highest BCUT2D eigenvalue weighted by Crippen LogP contribution is 2.25. The van der Waals surface area contributed by atoms with Gasteiger partial charge in [0.25, 0.3) is 0 Å². The van der Waals surface area contributed by atoms with Crippen molar-refractivity contribution in [2.75, 3.05) is 13.1 Å². The molecule has 0 N–H and O–H groups in total. The molecule has 0 radical (unpaired) electrons. The van der Waals surface area contributed by atoms with Crippen LogP contribution in [-0.2, 0) is 12.8 Å². The van der Waals surface area contributed by atoms with Crippen LogP contribution in [0.3, 0.4) is 0 Å². The summed E-state index contributed by atoms with van der Waals surface area (Å²) in [6, 6.07) is 10.5. The van der Waals surface area contributed by atoms with E-state index in [0.29, 0.717) is 13.1 Å². The number of benzene rings is 2. The van der Waals surface area contributed by atoms with Crippen LogP contribution in [0.4, 0.5) is 4.39 Å². The van der Waals surface area contributed by atoms with Gasteiger partial charge in [-0.05, 0) is 67.1 Å². The zero-order valence-electron chi connectivity index (χ0n) is 13.4. The summed E-state index contributed by atoms with van der Waals surface area (Å²) in [5.41, 5.74) is 4.68. The molecule has 5 heteroatoms. The Morgan fingerprint density at radius 1 is 1.13 bits per heavy atom. The molecule has 122 valence electrons. The zero-order chi connectivity index (χ0) is 16.8. The summed E-state index contributed by atoms with van der Waals surface area (Å²) in [5.74, 6) is -0.162. The molecule has 0 amide bonds. The number of fused-ring (bicyclic) bond motifs is 1. The lowest BCUT2D eigenvalue weighted by Crippen LogP contribution is -2.19. The molecular formula is C18H20ClFN2O. The Morgan fingerprint density at radius 3 is 2.48 bits per heavy atom. The van der Waals surface area contributed by atoms with Crippen LogP contribution >= 0.6 is 11.6 Å². The minimum Gasteiger partial charge on any atom is -0.260 e. The van der Waals surface area contributed by atoms with Crippen molar-refractivity contribution >= 4 is 11.6 Å². The van der Waals surface area contributed by atoms with Crippen molar-refractivity contribution in [3.8, 4) is 0 Å². The van der Waals surface area contributed by atoms with Gasteiger partial charge in [0, 0.05) is 18.1 Å². The standard InChI is InChI=1S/C11H13ClN2O.C7H7F/c1-8-10-5-7-14(13-15)6-4-9(10)2-3-11(8)12;1-6-3-2-4-7(8)5-6/h2-3H,4-7H2,1H3;2-5H,1H3. The predicted molar refractivity (Wildman–Crippen MR) is 92.1 cm³/mol. The lowest BCUT2D eigenvalue weighted by Gasteiger charge is -2.10.